The third-order valence-corrected chi connectivity index (χ3v) is 6.45. The molecule has 3 aromatic rings. The second kappa shape index (κ2) is 14.2. The number of hydrogen-bond donors (Lipinski definition) is 0. The Kier molecular flexibility index (Phi) is 10.8. The summed E-state index contributed by atoms with van der Waals surface area (Å²) in [7, 11) is 2.07. The molecule has 0 spiro atoms. The molecule has 5 rings (SSSR count). The van der Waals surface area contributed by atoms with E-state index in [1.807, 2.05) is 62.9 Å². The molecule has 2 aliphatic heterocycles. The van der Waals surface area contributed by atoms with E-state index in [0.29, 0.717) is 31.7 Å². The van der Waals surface area contributed by atoms with Crippen molar-refractivity contribution in [2.75, 3.05) is 59.4 Å². The van der Waals surface area contributed by atoms with Crippen LogP contribution in [0, 0.1) is 13.8 Å². The van der Waals surface area contributed by atoms with Crippen LogP contribution in [0.15, 0.2) is 55.1 Å². The molecule has 0 saturated carbocycles. The SMILES string of the molecule is CC.Cc1cnn(C(=O)N2CCN(C(=O)c3ccccc3)CC2)c1.Cc1cnn(C(=O)N2CCN(C)CC2)c1. The quantitative estimate of drug-likeness (QED) is 0.474. The molecule has 0 aliphatic carbocycles. The highest BCUT2D eigenvalue weighted by atomic mass is 16.2. The Labute approximate surface area is 230 Å². The zero-order chi connectivity index (χ0) is 28.4. The standard InChI is InChI=1S/C16H18N4O2.C10H16N4O.C2H6/c1-13-11-17-20(12-13)16(22)19-9-7-18(8-10-19)15(21)14-5-3-2-4-6-14;1-9-7-11-14(8-9)10(15)13-5-3-12(2)4-6-13;1-2/h2-6,11-12H,7-10H2,1H3;7-8H,3-6H2,1-2H3;1-2H3. The van der Waals surface area contributed by atoms with E-state index in [-0.39, 0.29) is 18.0 Å². The van der Waals surface area contributed by atoms with E-state index in [9.17, 15) is 14.4 Å². The van der Waals surface area contributed by atoms with Gasteiger partial charge in [-0.25, -0.2) is 9.59 Å². The van der Waals surface area contributed by atoms with Crippen LogP contribution in [0.3, 0.4) is 0 Å². The minimum atomic E-state index is -0.139. The van der Waals surface area contributed by atoms with Gasteiger partial charge in [0.25, 0.3) is 5.91 Å². The monoisotopic (exact) mass is 536 g/mol. The molecule has 0 radical (unpaired) electrons. The molecule has 2 fully saturated rings. The fourth-order valence-corrected chi connectivity index (χ4v) is 4.19. The van der Waals surface area contributed by atoms with Gasteiger partial charge in [-0.3, -0.25) is 4.79 Å². The first-order chi connectivity index (χ1) is 18.8. The zero-order valence-corrected chi connectivity index (χ0v) is 23.7. The number of rotatable bonds is 1. The topological polar surface area (TPSA) is 99.8 Å². The molecule has 2 aliphatic rings. The summed E-state index contributed by atoms with van der Waals surface area (Å²) in [6.45, 7) is 13.4. The van der Waals surface area contributed by atoms with Crippen LogP contribution in [0.5, 0.6) is 0 Å². The first-order valence-electron chi connectivity index (χ1n) is 13.5. The molecule has 39 heavy (non-hydrogen) atoms. The Bertz CT molecular complexity index is 1210. The van der Waals surface area contributed by atoms with Crippen molar-refractivity contribution >= 4 is 18.0 Å². The second-order valence-electron chi connectivity index (χ2n) is 9.43. The first-order valence-corrected chi connectivity index (χ1v) is 13.5. The Morgan fingerprint density at radius 2 is 1.05 bits per heavy atom. The van der Waals surface area contributed by atoms with Crippen molar-refractivity contribution in [1.82, 2.24) is 39.2 Å². The maximum Gasteiger partial charge on any atom is 0.344 e. The molecule has 210 valence electrons. The Hall–Kier alpha value is -3.99. The van der Waals surface area contributed by atoms with Crippen molar-refractivity contribution in [1.29, 1.82) is 0 Å². The zero-order valence-electron chi connectivity index (χ0n) is 23.7. The highest BCUT2D eigenvalue weighted by Crippen LogP contribution is 2.10. The Morgan fingerprint density at radius 1 is 0.641 bits per heavy atom. The molecule has 0 bridgehead atoms. The molecule has 0 N–H and O–H groups in total. The minimum Gasteiger partial charge on any atom is -0.335 e. The van der Waals surface area contributed by atoms with Crippen molar-refractivity contribution in [2.24, 2.45) is 0 Å². The number of hydrogen-bond acceptors (Lipinski definition) is 6. The number of amides is 3. The maximum atomic E-state index is 12.4. The molecule has 2 saturated heterocycles. The summed E-state index contributed by atoms with van der Waals surface area (Å²) in [6.07, 6.45) is 6.84. The lowest BCUT2D eigenvalue weighted by Gasteiger charge is -2.34. The van der Waals surface area contributed by atoms with Crippen molar-refractivity contribution < 1.29 is 14.4 Å². The number of nitrogens with zero attached hydrogens (tertiary/aromatic N) is 8. The van der Waals surface area contributed by atoms with Gasteiger partial charge >= 0.3 is 12.1 Å². The van der Waals surface area contributed by atoms with E-state index in [1.165, 1.54) is 9.36 Å². The highest BCUT2D eigenvalue weighted by molar-refractivity contribution is 5.94. The van der Waals surface area contributed by atoms with Gasteiger partial charge in [-0.1, -0.05) is 32.0 Å². The number of piperazine rings is 2. The van der Waals surface area contributed by atoms with Gasteiger partial charge in [-0.2, -0.15) is 19.6 Å². The fraction of sp³-hybridized carbons (Fsp3) is 0.464. The third-order valence-electron chi connectivity index (χ3n) is 6.45. The van der Waals surface area contributed by atoms with Crippen LogP contribution in [-0.4, -0.2) is 117 Å². The maximum absolute atomic E-state index is 12.4. The van der Waals surface area contributed by atoms with Crippen molar-refractivity contribution in [3.05, 3.63) is 71.8 Å². The number of carbonyl (C=O) groups is 3. The van der Waals surface area contributed by atoms with Crippen LogP contribution >= 0.6 is 0 Å². The van der Waals surface area contributed by atoms with Crippen LogP contribution < -0.4 is 0 Å². The lowest BCUT2D eigenvalue weighted by atomic mass is 10.2. The lowest BCUT2D eigenvalue weighted by Crippen LogP contribution is -2.51. The van der Waals surface area contributed by atoms with Gasteiger partial charge in [-0.05, 0) is 44.2 Å². The van der Waals surface area contributed by atoms with Gasteiger partial charge in [0.15, 0.2) is 0 Å². The summed E-state index contributed by atoms with van der Waals surface area (Å²) in [5.74, 6) is 0.0163. The molecular formula is C28H40N8O3. The minimum absolute atomic E-state index is 0.0163. The van der Waals surface area contributed by atoms with Crippen LogP contribution in [0.1, 0.15) is 35.3 Å². The molecule has 4 heterocycles. The molecule has 0 atom stereocenters. The van der Waals surface area contributed by atoms with E-state index < -0.39 is 0 Å². The van der Waals surface area contributed by atoms with Crippen LogP contribution in [-0.2, 0) is 0 Å². The van der Waals surface area contributed by atoms with Gasteiger partial charge in [-0.15, -0.1) is 0 Å². The Morgan fingerprint density at radius 3 is 1.46 bits per heavy atom. The molecule has 11 nitrogen and oxygen atoms in total. The summed E-state index contributed by atoms with van der Waals surface area (Å²) in [4.78, 5) is 44.1. The molecule has 2 aromatic heterocycles. The van der Waals surface area contributed by atoms with Crippen LogP contribution in [0.2, 0.25) is 0 Å². The largest absolute Gasteiger partial charge is 0.344 e. The van der Waals surface area contributed by atoms with Gasteiger partial charge < -0.3 is 19.6 Å². The Balaban J connectivity index is 0.000000216. The normalized spacial score (nSPS) is 15.6. The lowest BCUT2D eigenvalue weighted by molar-refractivity contribution is 0.0664. The van der Waals surface area contributed by atoms with E-state index in [4.69, 9.17) is 0 Å². The van der Waals surface area contributed by atoms with Crippen molar-refractivity contribution in [2.45, 2.75) is 27.7 Å². The summed E-state index contributed by atoms with van der Waals surface area (Å²) < 4.78 is 2.77. The summed E-state index contributed by atoms with van der Waals surface area (Å²) in [5, 5.41) is 8.06. The van der Waals surface area contributed by atoms with Crippen molar-refractivity contribution in [3.8, 4) is 0 Å². The number of aryl methyl sites for hydroxylation is 2. The smallest absolute Gasteiger partial charge is 0.335 e. The number of benzene rings is 1. The van der Waals surface area contributed by atoms with Gasteiger partial charge in [0.05, 0.1) is 12.4 Å². The summed E-state index contributed by atoms with van der Waals surface area (Å²) in [6, 6.07) is 9.06. The highest BCUT2D eigenvalue weighted by Gasteiger charge is 2.26. The number of aromatic nitrogens is 4. The van der Waals surface area contributed by atoms with Crippen LogP contribution in [0.25, 0.3) is 0 Å². The molecule has 3 amide bonds. The summed E-state index contributed by atoms with van der Waals surface area (Å²) >= 11 is 0. The van der Waals surface area contributed by atoms with E-state index in [0.717, 1.165) is 37.3 Å². The van der Waals surface area contributed by atoms with E-state index in [2.05, 4.69) is 22.1 Å². The van der Waals surface area contributed by atoms with Gasteiger partial charge in [0.1, 0.15) is 0 Å². The predicted octanol–water partition coefficient (Wildman–Crippen LogP) is 3.05. The van der Waals surface area contributed by atoms with Gasteiger partial charge in [0, 0.05) is 70.3 Å². The third kappa shape index (κ3) is 8.00. The predicted molar refractivity (Wildman–Crippen MR) is 150 cm³/mol. The van der Waals surface area contributed by atoms with E-state index in [1.54, 1.807) is 34.6 Å². The number of likely N-dealkylation sites (N-methyl/N-ethyl adjacent to an activating group) is 1. The molecule has 1 aromatic carbocycles. The second-order valence-corrected chi connectivity index (χ2v) is 9.43. The summed E-state index contributed by atoms with van der Waals surface area (Å²) in [5.41, 5.74) is 2.65. The van der Waals surface area contributed by atoms with Crippen molar-refractivity contribution in [3.63, 3.8) is 0 Å². The molecule has 0 unspecified atom stereocenters. The van der Waals surface area contributed by atoms with Gasteiger partial charge in [0.2, 0.25) is 0 Å². The average Bonchev–Trinajstić information content (AvgIpc) is 3.62. The van der Waals surface area contributed by atoms with Crippen LogP contribution in [0.4, 0.5) is 9.59 Å². The average molecular weight is 537 g/mol. The molecular weight excluding hydrogens is 496 g/mol. The van der Waals surface area contributed by atoms with E-state index >= 15 is 0 Å². The molecule has 11 heteroatoms. The fourth-order valence-electron chi connectivity index (χ4n) is 4.19. The first kappa shape index (κ1) is 29.6. The number of carbonyl (C=O) groups excluding carboxylic acids is 3.